The number of benzene rings is 1. The fraction of sp³-hybridized carbons (Fsp3) is 0.0769. The molecule has 0 fully saturated rings. The molecule has 0 radical (unpaired) electrons. The zero-order chi connectivity index (χ0) is 18.2. The number of tetrazole rings is 1. The van der Waals surface area contributed by atoms with E-state index < -0.39 is 28.3 Å². The lowest BCUT2D eigenvalue weighted by Gasteiger charge is -2.10. The number of alkyl halides is 3. The van der Waals surface area contributed by atoms with Crippen LogP contribution in [-0.2, 0) is 6.18 Å². The molecule has 0 unspecified atom stereocenters. The van der Waals surface area contributed by atoms with Gasteiger partial charge in [0.1, 0.15) is 11.5 Å². The summed E-state index contributed by atoms with van der Waals surface area (Å²) in [5, 5.41) is 23.6. The number of hydrogen-bond acceptors (Lipinski definition) is 6. The first kappa shape index (κ1) is 16.4. The molecule has 0 saturated carbocycles. The Hall–Kier alpha value is -3.44. The van der Waals surface area contributed by atoms with Gasteiger partial charge in [-0.2, -0.15) is 18.4 Å². The van der Waals surface area contributed by atoms with E-state index in [4.69, 9.17) is 0 Å². The molecule has 3 rings (SSSR count). The van der Waals surface area contributed by atoms with Crippen molar-refractivity contribution in [2.75, 3.05) is 0 Å². The number of nitrogens with zero attached hydrogens (tertiary/aromatic N) is 5. The average Bonchev–Trinajstić information content (AvgIpc) is 3.07. The number of nitro benzene ring substituents is 1. The third kappa shape index (κ3) is 3.13. The van der Waals surface area contributed by atoms with Gasteiger partial charge in [-0.15, -0.1) is 10.2 Å². The van der Waals surface area contributed by atoms with Crippen molar-refractivity contribution in [3.05, 3.63) is 52.1 Å². The van der Waals surface area contributed by atoms with Crippen LogP contribution in [0.2, 0.25) is 0 Å². The monoisotopic (exact) mass is 354 g/mol. The highest BCUT2D eigenvalue weighted by Gasteiger charge is 2.32. The van der Waals surface area contributed by atoms with Gasteiger partial charge in [0.05, 0.1) is 11.0 Å². The molecular formula is C13H6F4N6O2. The number of halogens is 4. The molecule has 12 heteroatoms. The van der Waals surface area contributed by atoms with E-state index in [1.807, 2.05) is 0 Å². The van der Waals surface area contributed by atoms with Crippen LogP contribution in [0, 0.1) is 15.9 Å². The van der Waals surface area contributed by atoms with Gasteiger partial charge in [-0.3, -0.25) is 15.1 Å². The van der Waals surface area contributed by atoms with Crippen LogP contribution in [0.4, 0.5) is 23.2 Å². The normalized spacial score (nSPS) is 11.5. The molecule has 0 aliphatic carbocycles. The third-order valence-corrected chi connectivity index (χ3v) is 3.21. The summed E-state index contributed by atoms with van der Waals surface area (Å²) in [6.07, 6.45) is -3.83. The highest BCUT2D eigenvalue weighted by molar-refractivity contribution is 5.82. The summed E-state index contributed by atoms with van der Waals surface area (Å²) in [5.41, 5.74) is -2.09. The minimum absolute atomic E-state index is 0.0276. The lowest BCUT2D eigenvalue weighted by molar-refractivity contribution is -0.385. The van der Waals surface area contributed by atoms with Crippen LogP contribution in [-0.4, -0.2) is 30.5 Å². The molecule has 25 heavy (non-hydrogen) atoms. The molecule has 1 aromatic carbocycles. The smallest absolute Gasteiger partial charge is 0.258 e. The van der Waals surface area contributed by atoms with E-state index in [0.29, 0.717) is 12.1 Å². The van der Waals surface area contributed by atoms with Crippen molar-refractivity contribution in [2.24, 2.45) is 0 Å². The molecule has 3 aromatic rings. The van der Waals surface area contributed by atoms with Crippen molar-refractivity contribution in [3.63, 3.8) is 0 Å². The van der Waals surface area contributed by atoms with E-state index >= 15 is 0 Å². The van der Waals surface area contributed by atoms with E-state index in [1.54, 1.807) is 0 Å². The fourth-order valence-electron chi connectivity index (χ4n) is 2.15. The predicted octanol–water partition coefficient (Wildman–Crippen LogP) is 2.99. The van der Waals surface area contributed by atoms with Gasteiger partial charge in [0.25, 0.3) is 5.69 Å². The molecule has 0 atom stereocenters. The Morgan fingerprint density at radius 1 is 1.20 bits per heavy atom. The van der Waals surface area contributed by atoms with Crippen molar-refractivity contribution in [3.8, 4) is 22.5 Å². The van der Waals surface area contributed by atoms with E-state index in [1.165, 1.54) is 0 Å². The number of hydrogen-bond donors (Lipinski definition) is 1. The van der Waals surface area contributed by atoms with Crippen molar-refractivity contribution in [1.82, 2.24) is 25.6 Å². The molecule has 0 aliphatic rings. The predicted molar refractivity (Wildman–Crippen MR) is 74.5 cm³/mol. The second-order valence-corrected chi connectivity index (χ2v) is 4.77. The Balaban J connectivity index is 2.20. The minimum Gasteiger partial charge on any atom is -0.258 e. The minimum atomic E-state index is -4.65. The van der Waals surface area contributed by atoms with Crippen molar-refractivity contribution in [2.45, 2.75) is 6.18 Å². The summed E-state index contributed by atoms with van der Waals surface area (Å²) >= 11 is 0. The number of pyridine rings is 1. The van der Waals surface area contributed by atoms with Crippen molar-refractivity contribution < 1.29 is 22.5 Å². The molecule has 0 bridgehead atoms. The second kappa shape index (κ2) is 5.89. The van der Waals surface area contributed by atoms with Crippen LogP contribution >= 0.6 is 0 Å². The number of aromatic amines is 1. The number of aromatic nitrogens is 5. The topological polar surface area (TPSA) is 110 Å². The summed E-state index contributed by atoms with van der Waals surface area (Å²) in [6, 6.07) is 3.33. The van der Waals surface area contributed by atoms with E-state index in [2.05, 4.69) is 25.6 Å². The third-order valence-electron chi connectivity index (χ3n) is 3.21. The van der Waals surface area contributed by atoms with Gasteiger partial charge in [-0.25, -0.2) is 4.39 Å². The van der Waals surface area contributed by atoms with Gasteiger partial charge in [0.15, 0.2) is 0 Å². The van der Waals surface area contributed by atoms with Crippen LogP contribution in [0.15, 0.2) is 30.5 Å². The van der Waals surface area contributed by atoms with Gasteiger partial charge in [0.2, 0.25) is 5.82 Å². The first-order chi connectivity index (χ1) is 11.8. The zero-order valence-electron chi connectivity index (χ0n) is 12.0. The summed E-state index contributed by atoms with van der Waals surface area (Å²) in [4.78, 5) is 13.4. The molecule has 0 saturated heterocycles. The van der Waals surface area contributed by atoms with E-state index in [0.717, 1.165) is 18.3 Å². The van der Waals surface area contributed by atoms with Crippen LogP contribution in [0.25, 0.3) is 22.5 Å². The standard InChI is InChI=1S/C13H6F4N6O2/c14-9-4-7(23(24)25)3-8(12-19-21-22-20-12)11(9)6-1-2-10(18-5-6)13(15,16)17/h1-5H,(H,19,20,21,22). The number of nitrogens with one attached hydrogen (secondary N) is 1. The first-order valence-electron chi connectivity index (χ1n) is 6.52. The molecule has 2 aromatic heterocycles. The number of rotatable bonds is 3. The van der Waals surface area contributed by atoms with Crippen LogP contribution in [0.3, 0.4) is 0 Å². The Labute approximate surface area is 135 Å². The Bertz CT molecular complexity index is 925. The number of H-pyrrole nitrogens is 1. The summed E-state index contributed by atoms with van der Waals surface area (Å²) in [6.45, 7) is 0. The lowest BCUT2D eigenvalue weighted by atomic mass is 9.99. The van der Waals surface area contributed by atoms with E-state index in [9.17, 15) is 27.7 Å². The maximum Gasteiger partial charge on any atom is 0.433 e. The molecule has 0 amide bonds. The van der Waals surface area contributed by atoms with Gasteiger partial charge < -0.3 is 0 Å². The molecule has 2 heterocycles. The maximum absolute atomic E-state index is 14.4. The summed E-state index contributed by atoms with van der Waals surface area (Å²) < 4.78 is 52.2. The average molecular weight is 354 g/mol. The van der Waals surface area contributed by atoms with Crippen molar-refractivity contribution in [1.29, 1.82) is 0 Å². The van der Waals surface area contributed by atoms with Crippen molar-refractivity contribution >= 4 is 5.69 Å². The number of non-ortho nitro benzene ring substituents is 1. The Kier molecular flexibility index (Phi) is 3.87. The Morgan fingerprint density at radius 2 is 1.96 bits per heavy atom. The first-order valence-corrected chi connectivity index (χ1v) is 6.52. The molecule has 8 nitrogen and oxygen atoms in total. The van der Waals surface area contributed by atoms with Crippen LogP contribution < -0.4 is 0 Å². The van der Waals surface area contributed by atoms with Crippen LogP contribution in [0.5, 0.6) is 0 Å². The lowest BCUT2D eigenvalue weighted by Crippen LogP contribution is -2.07. The molecule has 0 spiro atoms. The quantitative estimate of drug-likeness (QED) is 0.440. The molecule has 1 N–H and O–H groups in total. The fourth-order valence-corrected chi connectivity index (χ4v) is 2.15. The van der Waals surface area contributed by atoms with Gasteiger partial charge in [0, 0.05) is 29.0 Å². The molecule has 0 aliphatic heterocycles. The van der Waals surface area contributed by atoms with Gasteiger partial charge in [-0.05, 0) is 11.3 Å². The second-order valence-electron chi connectivity index (χ2n) is 4.77. The largest absolute Gasteiger partial charge is 0.433 e. The Morgan fingerprint density at radius 3 is 2.48 bits per heavy atom. The zero-order valence-corrected chi connectivity index (χ0v) is 12.0. The van der Waals surface area contributed by atoms with E-state index in [-0.39, 0.29) is 22.5 Å². The maximum atomic E-state index is 14.4. The summed E-state index contributed by atoms with van der Waals surface area (Å²) in [5.74, 6) is -1.19. The molecule has 128 valence electrons. The molecular weight excluding hydrogens is 348 g/mol. The van der Waals surface area contributed by atoms with Gasteiger partial charge >= 0.3 is 6.18 Å². The summed E-state index contributed by atoms with van der Waals surface area (Å²) in [7, 11) is 0. The SMILES string of the molecule is O=[N+]([O-])c1cc(F)c(-c2ccc(C(F)(F)F)nc2)c(-c2nn[nH]n2)c1. The number of nitro groups is 1. The highest BCUT2D eigenvalue weighted by atomic mass is 19.4. The van der Waals surface area contributed by atoms with Gasteiger partial charge in [-0.1, -0.05) is 6.07 Å². The van der Waals surface area contributed by atoms with Crippen LogP contribution in [0.1, 0.15) is 5.69 Å². The highest BCUT2D eigenvalue weighted by Crippen LogP contribution is 2.36.